The number of nitro benzene ring substituents is 1. The summed E-state index contributed by atoms with van der Waals surface area (Å²) in [4.78, 5) is 12.4. The van der Waals surface area contributed by atoms with Gasteiger partial charge in [0.2, 0.25) is 0 Å². The van der Waals surface area contributed by atoms with E-state index in [0.29, 0.717) is 25.0 Å². The summed E-state index contributed by atoms with van der Waals surface area (Å²) < 4.78 is 43.6. The fraction of sp³-hybridized carbons (Fsp3) is 0.294. The maximum Gasteiger partial charge on any atom is 0.416 e. The van der Waals surface area contributed by atoms with Gasteiger partial charge in [-0.25, -0.2) is 0 Å². The van der Waals surface area contributed by atoms with Crippen molar-refractivity contribution in [2.75, 3.05) is 36.5 Å². The summed E-state index contributed by atoms with van der Waals surface area (Å²) in [5.41, 5.74) is -0.151. The summed E-state index contributed by atoms with van der Waals surface area (Å²) in [6, 6.07) is 9.57. The predicted molar refractivity (Wildman–Crippen MR) is 90.9 cm³/mol. The molecular formula is C17H16F3N3O3. The van der Waals surface area contributed by atoms with Crippen LogP contribution in [0.3, 0.4) is 0 Å². The number of hydrogen-bond acceptors (Lipinski definition) is 5. The van der Waals surface area contributed by atoms with Crippen molar-refractivity contribution in [2.24, 2.45) is 0 Å². The quantitative estimate of drug-likeness (QED) is 0.648. The number of halogens is 3. The smallest absolute Gasteiger partial charge is 0.378 e. The highest BCUT2D eigenvalue weighted by Crippen LogP contribution is 2.36. The molecule has 1 heterocycles. The van der Waals surface area contributed by atoms with Gasteiger partial charge in [0.25, 0.3) is 5.69 Å². The summed E-state index contributed by atoms with van der Waals surface area (Å²) in [5, 5.41) is 13.9. The molecule has 138 valence electrons. The zero-order chi connectivity index (χ0) is 18.7. The van der Waals surface area contributed by atoms with Crippen LogP contribution in [0.1, 0.15) is 5.56 Å². The summed E-state index contributed by atoms with van der Waals surface area (Å²) >= 11 is 0. The molecule has 26 heavy (non-hydrogen) atoms. The lowest BCUT2D eigenvalue weighted by atomic mass is 10.1. The molecule has 3 rings (SSSR count). The summed E-state index contributed by atoms with van der Waals surface area (Å²) in [5.74, 6) is 0. The van der Waals surface area contributed by atoms with Gasteiger partial charge < -0.3 is 15.0 Å². The van der Waals surface area contributed by atoms with Gasteiger partial charge in [0, 0.05) is 30.5 Å². The molecule has 1 fully saturated rings. The first-order valence-corrected chi connectivity index (χ1v) is 7.90. The number of morpholine rings is 1. The van der Waals surface area contributed by atoms with E-state index in [9.17, 15) is 23.3 Å². The van der Waals surface area contributed by atoms with E-state index in [1.807, 2.05) is 12.1 Å². The van der Waals surface area contributed by atoms with Gasteiger partial charge in [-0.15, -0.1) is 0 Å². The molecular weight excluding hydrogens is 351 g/mol. The third kappa shape index (κ3) is 4.05. The van der Waals surface area contributed by atoms with E-state index in [1.54, 1.807) is 12.1 Å². The van der Waals surface area contributed by atoms with Crippen molar-refractivity contribution >= 4 is 22.7 Å². The van der Waals surface area contributed by atoms with Crippen LogP contribution >= 0.6 is 0 Å². The van der Waals surface area contributed by atoms with Gasteiger partial charge in [0.15, 0.2) is 0 Å². The standard InChI is InChI=1S/C17H16F3N3O3/c18-17(19,20)12-1-6-15(16(11-12)23(24)25)21-13-2-4-14(5-3-13)22-7-9-26-10-8-22/h1-6,11,21H,7-10H2. The molecule has 9 heteroatoms. The van der Waals surface area contributed by atoms with Crippen molar-refractivity contribution < 1.29 is 22.8 Å². The van der Waals surface area contributed by atoms with Gasteiger partial charge in [0.1, 0.15) is 5.69 Å². The number of anilines is 3. The van der Waals surface area contributed by atoms with E-state index in [0.717, 1.165) is 30.9 Å². The van der Waals surface area contributed by atoms with Crippen LogP contribution in [0.15, 0.2) is 42.5 Å². The molecule has 0 aromatic heterocycles. The molecule has 0 amide bonds. The minimum Gasteiger partial charge on any atom is -0.378 e. The topological polar surface area (TPSA) is 67.6 Å². The first kappa shape index (κ1) is 18.0. The van der Waals surface area contributed by atoms with Crippen LogP contribution in [-0.4, -0.2) is 31.2 Å². The molecule has 0 atom stereocenters. The molecule has 0 aliphatic carbocycles. The largest absolute Gasteiger partial charge is 0.416 e. The Morgan fingerprint density at radius 3 is 2.31 bits per heavy atom. The second-order valence-corrected chi connectivity index (χ2v) is 5.76. The van der Waals surface area contributed by atoms with Crippen molar-refractivity contribution in [1.82, 2.24) is 0 Å². The number of nitro groups is 1. The Morgan fingerprint density at radius 1 is 1.08 bits per heavy atom. The minimum absolute atomic E-state index is 0.00197. The van der Waals surface area contributed by atoms with Gasteiger partial charge in [-0.2, -0.15) is 13.2 Å². The predicted octanol–water partition coefficient (Wildman–Crippen LogP) is 4.19. The fourth-order valence-electron chi connectivity index (χ4n) is 2.70. The number of rotatable bonds is 4. The molecule has 0 radical (unpaired) electrons. The van der Waals surface area contributed by atoms with Crippen LogP contribution in [0.25, 0.3) is 0 Å². The number of benzene rings is 2. The van der Waals surface area contributed by atoms with Gasteiger partial charge in [-0.1, -0.05) is 0 Å². The Kier molecular flexibility index (Phi) is 4.99. The van der Waals surface area contributed by atoms with Crippen molar-refractivity contribution in [3.05, 3.63) is 58.1 Å². The van der Waals surface area contributed by atoms with E-state index in [2.05, 4.69) is 10.2 Å². The monoisotopic (exact) mass is 367 g/mol. The SMILES string of the molecule is O=[N+]([O-])c1cc(C(F)(F)F)ccc1Nc1ccc(N2CCOCC2)cc1. The molecule has 1 aliphatic rings. The van der Waals surface area contributed by atoms with Crippen molar-refractivity contribution in [3.63, 3.8) is 0 Å². The van der Waals surface area contributed by atoms with E-state index in [1.165, 1.54) is 0 Å². The molecule has 1 aliphatic heterocycles. The third-order valence-corrected chi connectivity index (χ3v) is 4.04. The second-order valence-electron chi connectivity index (χ2n) is 5.76. The lowest BCUT2D eigenvalue weighted by Crippen LogP contribution is -2.36. The zero-order valence-corrected chi connectivity index (χ0v) is 13.6. The normalized spacial score (nSPS) is 15.0. The van der Waals surface area contributed by atoms with Crippen molar-refractivity contribution in [3.8, 4) is 0 Å². The van der Waals surface area contributed by atoms with Crippen molar-refractivity contribution in [2.45, 2.75) is 6.18 Å². The van der Waals surface area contributed by atoms with E-state index in [-0.39, 0.29) is 5.69 Å². The Morgan fingerprint density at radius 2 is 1.73 bits per heavy atom. The Balaban J connectivity index is 1.80. The van der Waals surface area contributed by atoms with E-state index in [4.69, 9.17) is 4.74 Å². The lowest BCUT2D eigenvalue weighted by Gasteiger charge is -2.28. The molecule has 0 bridgehead atoms. The Hall–Kier alpha value is -2.81. The highest BCUT2D eigenvalue weighted by Gasteiger charge is 2.33. The van der Waals surface area contributed by atoms with Crippen LogP contribution in [0, 0.1) is 10.1 Å². The molecule has 0 saturated carbocycles. The van der Waals surface area contributed by atoms with E-state index < -0.39 is 22.4 Å². The second kappa shape index (κ2) is 7.20. The molecule has 0 spiro atoms. The maximum atomic E-state index is 12.8. The number of alkyl halides is 3. The highest BCUT2D eigenvalue weighted by molar-refractivity contribution is 5.71. The molecule has 2 aromatic rings. The Labute approximate surface area is 147 Å². The molecule has 6 nitrogen and oxygen atoms in total. The molecule has 0 unspecified atom stereocenters. The van der Waals surface area contributed by atoms with Gasteiger partial charge in [0.05, 0.1) is 23.7 Å². The van der Waals surface area contributed by atoms with Gasteiger partial charge >= 0.3 is 6.18 Å². The highest BCUT2D eigenvalue weighted by atomic mass is 19.4. The van der Waals surface area contributed by atoms with E-state index >= 15 is 0 Å². The van der Waals surface area contributed by atoms with Crippen LogP contribution in [0.2, 0.25) is 0 Å². The summed E-state index contributed by atoms with van der Waals surface area (Å²) in [6.07, 6.45) is -4.64. The number of nitrogens with one attached hydrogen (secondary N) is 1. The van der Waals surface area contributed by atoms with Gasteiger partial charge in [-0.05, 0) is 36.4 Å². The average molecular weight is 367 g/mol. The first-order chi connectivity index (χ1) is 12.3. The lowest BCUT2D eigenvalue weighted by molar-refractivity contribution is -0.384. The van der Waals surface area contributed by atoms with Crippen LogP contribution in [-0.2, 0) is 10.9 Å². The number of ether oxygens (including phenoxy) is 1. The fourth-order valence-corrected chi connectivity index (χ4v) is 2.70. The molecule has 2 aromatic carbocycles. The number of nitrogens with zero attached hydrogens (tertiary/aromatic N) is 2. The third-order valence-electron chi connectivity index (χ3n) is 4.04. The van der Waals surface area contributed by atoms with Crippen molar-refractivity contribution in [1.29, 1.82) is 0 Å². The van der Waals surface area contributed by atoms with Gasteiger partial charge in [-0.3, -0.25) is 10.1 Å². The minimum atomic E-state index is -4.64. The molecule has 1 N–H and O–H groups in total. The van der Waals surface area contributed by atoms with Crippen LogP contribution < -0.4 is 10.2 Å². The zero-order valence-electron chi connectivity index (χ0n) is 13.6. The van der Waals surface area contributed by atoms with Crippen LogP contribution in [0.4, 0.5) is 35.9 Å². The maximum absolute atomic E-state index is 12.8. The summed E-state index contributed by atoms with van der Waals surface area (Å²) in [6.45, 7) is 2.85. The first-order valence-electron chi connectivity index (χ1n) is 7.90. The number of hydrogen-bond donors (Lipinski definition) is 1. The Bertz CT molecular complexity index is 788. The average Bonchev–Trinajstić information content (AvgIpc) is 2.62. The van der Waals surface area contributed by atoms with Crippen LogP contribution in [0.5, 0.6) is 0 Å². The molecule has 1 saturated heterocycles. The summed E-state index contributed by atoms with van der Waals surface area (Å²) in [7, 11) is 0.